The van der Waals surface area contributed by atoms with Gasteiger partial charge in [-0.15, -0.1) is 5.10 Å². The molecule has 3 heterocycles. The minimum atomic E-state index is 0.0179. The number of hydrogen-bond acceptors (Lipinski definition) is 5. The lowest BCUT2D eigenvalue weighted by atomic mass is 9.95. The zero-order valence-corrected chi connectivity index (χ0v) is 14.7. The summed E-state index contributed by atoms with van der Waals surface area (Å²) in [5.41, 5.74) is 1.65. The number of fused-ring (bicyclic) bond motifs is 1. The van der Waals surface area contributed by atoms with E-state index >= 15 is 0 Å². The summed E-state index contributed by atoms with van der Waals surface area (Å²) in [6.45, 7) is 4.01. The van der Waals surface area contributed by atoms with Gasteiger partial charge in [0.05, 0.1) is 18.7 Å². The Morgan fingerprint density at radius 2 is 1.77 bits per heavy atom. The van der Waals surface area contributed by atoms with Gasteiger partial charge in [-0.05, 0) is 25.0 Å². The van der Waals surface area contributed by atoms with E-state index in [9.17, 15) is 9.59 Å². The second-order valence-corrected chi connectivity index (χ2v) is 6.83. The number of aromatic nitrogens is 3. The minimum Gasteiger partial charge on any atom is -0.378 e. The van der Waals surface area contributed by atoms with E-state index in [0.717, 1.165) is 23.9 Å². The van der Waals surface area contributed by atoms with Crippen molar-refractivity contribution in [3.8, 4) is 0 Å². The fourth-order valence-corrected chi connectivity index (χ4v) is 3.68. The van der Waals surface area contributed by atoms with Crippen LogP contribution in [0.15, 0.2) is 24.3 Å². The third-order valence-electron chi connectivity index (χ3n) is 5.22. The quantitative estimate of drug-likeness (QED) is 0.800. The van der Waals surface area contributed by atoms with Crippen molar-refractivity contribution in [2.75, 3.05) is 39.4 Å². The summed E-state index contributed by atoms with van der Waals surface area (Å²) in [7, 11) is 0. The Morgan fingerprint density at radius 1 is 1.04 bits per heavy atom. The van der Waals surface area contributed by atoms with Crippen LogP contribution < -0.4 is 0 Å². The van der Waals surface area contributed by atoms with E-state index in [4.69, 9.17) is 4.74 Å². The maximum absolute atomic E-state index is 12.6. The predicted octanol–water partition coefficient (Wildman–Crippen LogP) is 0.529. The molecule has 2 fully saturated rings. The van der Waals surface area contributed by atoms with Crippen LogP contribution in [0.2, 0.25) is 0 Å². The number of carbonyl (C=O) groups excluding carboxylic acids is 2. The lowest BCUT2D eigenvalue weighted by Gasteiger charge is -2.35. The van der Waals surface area contributed by atoms with Crippen molar-refractivity contribution in [2.45, 2.75) is 19.4 Å². The molecule has 1 aromatic heterocycles. The number of para-hydroxylation sites is 1. The van der Waals surface area contributed by atoms with Crippen molar-refractivity contribution in [2.24, 2.45) is 5.92 Å². The summed E-state index contributed by atoms with van der Waals surface area (Å²) >= 11 is 0. The van der Waals surface area contributed by atoms with Crippen molar-refractivity contribution in [1.82, 2.24) is 24.8 Å². The first-order valence-electron chi connectivity index (χ1n) is 9.15. The van der Waals surface area contributed by atoms with Gasteiger partial charge < -0.3 is 14.5 Å². The zero-order chi connectivity index (χ0) is 17.9. The first-order valence-corrected chi connectivity index (χ1v) is 9.15. The highest BCUT2D eigenvalue weighted by Gasteiger charge is 2.31. The molecule has 2 aliphatic heterocycles. The molecule has 0 aliphatic carbocycles. The number of rotatable bonds is 3. The molecule has 0 unspecified atom stereocenters. The summed E-state index contributed by atoms with van der Waals surface area (Å²) in [5, 5.41) is 8.17. The van der Waals surface area contributed by atoms with Crippen molar-refractivity contribution >= 4 is 22.8 Å². The van der Waals surface area contributed by atoms with E-state index in [1.165, 1.54) is 0 Å². The molecule has 8 nitrogen and oxygen atoms in total. The molecule has 0 atom stereocenters. The van der Waals surface area contributed by atoms with Gasteiger partial charge in [-0.25, -0.2) is 4.68 Å². The number of likely N-dealkylation sites (tertiary alicyclic amines) is 1. The lowest BCUT2D eigenvalue weighted by molar-refractivity contribution is -0.144. The van der Waals surface area contributed by atoms with Crippen LogP contribution in [0.4, 0.5) is 0 Å². The number of benzene rings is 1. The monoisotopic (exact) mass is 357 g/mol. The Morgan fingerprint density at radius 3 is 2.54 bits per heavy atom. The van der Waals surface area contributed by atoms with Gasteiger partial charge >= 0.3 is 0 Å². The van der Waals surface area contributed by atoms with E-state index < -0.39 is 0 Å². The van der Waals surface area contributed by atoms with E-state index in [-0.39, 0.29) is 24.3 Å². The molecule has 2 saturated heterocycles. The molecule has 0 bridgehead atoms. The van der Waals surface area contributed by atoms with Crippen LogP contribution in [-0.2, 0) is 20.9 Å². The summed E-state index contributed by atoms with van der Waals surface area (Å²) in [5.74, 6) is 0.255. The third-order valence-corrected chi connectivity index (χ3v) is 5.22. The molecule has 2 aromatic rings. The van der Waals surface area contributed by atoms with Crippen LogP contribution in [0.25, 0.3) is 11.0 Å². The SMILES string of the molecule is O=C(Cn1nnc2ccccc21)N1CCC(C(=O)N2CCOCC2)CC1. The van der Waals surface area contributed by atoms with Crippen LogP contribution in [0.5, 0.6) is 0 Å². The van der Waals surface area contributed by atoms with Gasteiger partial charge in [0.2, 0.25) is 11.8 Å². The molecule has 4 rings (SSSR count). The van der Waals surface area contributed by atoms with Gasteiger partial charge in [-0.3, -0.25) is 9.59 Å². The molecule has 138 valence electrons. The number of nitrogens with zero attached hydrogens (tertiary/aromatic N) is 5. The average Bonchev–Trinajstić information content (AvgIpc) is 3.11. The van der Waals surface area contributed by atoms with E-state index in [0.29, 0.717) is 39.4 Å². The predicted molar refractivity (Wildman–Crippen MR) is 94.2 cm³/mol. The largest absolute Gasteiger partial charge is 0.378 e. The molecule has 26 heavy (non-hydrogen) atoms. The zero-order valence-electron chi connectivity index (χ0n) is 14.7. The molecule has 0 radical (unpaired) electrons. The Hall–Kier alpha value is -2.48. The maximum atomic E-state index is 12.6. The molecule has 0 saturated carbocycles. The van der Waals surface area contributed by atoms with Crippen LogP contribution in [0.1, 0.15) is 12.8 Å². The number of morpholine rings is 1. The number of hydrogen-bond donors (Lipinski definition) is 0. The normalized spacial score (nSPS) is 19.1. The highest BCUT2D eigenvalue weighted by molar-refractivity contribution is 5.81. The number of carbonyl (C=O) groups is 2. The maximum Gasteiger partial charge on any atom is 0.244 e. The first kappa shape index (κ1) is 17.0. The van der Waals surface area contributed by atoms with Crippen molar-refractivity contribution < 1.29 is 14.3 Å². The third kappa shape index (κ3) is 3.41. The van der Waals surface area contributed by atoms with Crippen molar-refractivity contribution in [1.29, 1.82) is 0 Å². The van der Waals surface area contributed by atoms with Crippen LogP contribution in [0, 0.1) is 5.92 Å². The molecular weight excluding hydrogens is 334 g/mol. The molecule has 1 aromatic carbocycles. The lowest BCUT2D eigenvalue weighted by Crippen LogP contribution is -2.48. The molecule has 0 N–H and O–H groups in total. The van der Waals surface area contributed by atoms with E-state index in [1.807, 2.05) is 34.1 Å². The van der Waals surface area contributed by atoms with Gasteiger partial charge in [-0.2, -0.15) is 0 Å². The molecule has 0 spiro atoms. The van der Waals surface area contributed by atoms with Crippen molar-refractivity contribution in [3.63, 3.8) is 0 Å². The highest BCUT2D eigenvalue weighted by Crippen LogP contribution is 2.21. The Kier molecular flexibility index (Phi) is 4.83. The fraction of sp³-hybridized carbons (Fsp3) is 0.556. The van der Waals surface area contributed by atoms with E-state index in [2.05, 4.69) is 10.3 Å². The van der Waals surface area contributed by atoms with Crippen molar-refractivity contribution in [3.05, 3.63) is 24.3 Å². The van der Waals surface area contributed by atoms with Gasteiger partial charge in [-0.1, -0.05) is 17.3 Å². The van der Waals surface area contributed by atoms with Crippen LogP contribution in [-0.4, -0.2) is 76.0 Å². The highest BCUT2D eigenvalue weighted by atomic mass is 16.5. The summed E-state index contributed by atoms with van der Waals surface area (Å²) in [4.78, 5) is 28.9. The van der Waals surface area contributed by atoms with Crippen LogP contribution >= 0.6 is 0 Å². The van der Waals surface area contributed by atoms with Gasteiger partial charge in [0.1, 0.15) is 12.1 Å². The molecule has 8 heteroatoms. The Labute approximate surface area is 151 Å². The second kappa shape index (κ2) is 7.41. The van der Waals surface area contributed by atoms with Crippen LogP contribution in [0.3, 0.4) is 0 Å². The van der Waals surface area contributed by atoms with Gasteiger partial charge in [0.15, 0.2) is 0 Å². The summed E-state index contributed by atoms with van der Waals surface area (Å²) in [6.07, 6.45) is 1.44. The molecular formula is C18H23N5O3. The van der Waals surface area contributed by atoms with Gasteiger partial charge in [0.25, 0.3) is 0 Å². The van der Waals surface area contributed by atoms with Gasteiger partial charge in [0, 0.05) is 32.1 Å². The molecule has 2 aliphatic rings. The number of ether oxygens (including phenoxy) is 1. The Balaban J connectivity index is 1.32. The summed E-state index contributed by atoms with van der Waals surface area (Å²) < 4.78 is 6.95. The summed E-state index contributed by atoms with van der Waals surface area (Å²) in [6, 6.07) is 7.61. The second-order valence-electron chi connectivity index (χ2n) is 6.83. The standard InChI is InChI=1S/C18H23N5O3/c24-17(13-23-16-4-2-1-3-15(16)19-20-23)21-7-5-14(6-8-21)18(25)22-9-11-26-12-10-22/h1-4,14H,5-13H2. The average molecular weight is 357 g/mol. The molecule has 2 amide bonds. The topological polar surface area (TPSA) is 80.6 Å². The number of piperidine rings is 1. The number of amides is 2. The van der Waals surface area contributed by atoms with E-state index in [1.54, 1.807) is 4.68 Å². The first-order chi connectivity index (χ1) is 12.7. The Bertz CT molecular complexity index is 791. The fourth-order valence-electron chi connectivity index (χ4n) is 3.68. The smallest absolute Gasteiger partial charge is 0.244 e. The minimum absolute atomic E-state index is 0.0179.